The lowest BCUT2D eigenvalue weighted by atomic mass is 10.0. The Hall–Kier alpha value is -1.26. The second-order valence-corrected chi connectivity index (χ2v) is 4.29. The second-order valence-electron chi connectivity index (χ2n) is 4.29. The molecule has 2 N–H and O–H groups in total. The molecule has 0 spiro atoms. The van der Waals surface area contributed by atoms with Gasteiger partial charge in [-0.15, -0.1) is 0 Å². The average Bonchev–Trinajstić information content (AvgIpc) is 2.91. The van der Waals surface area contributed by atoms with E-state index in [2.05, 4.69) is 5.32 Å². The van der Waals surface area contributed by atoms with Gasteiger partial charge in [0.05, 0.1) is 20.3 Å². The molecule has 0 radical (unpaired) electrons. The molecule has 1 fully saturated rings. The predicted octanol–water partition coefficient (Wildman–Crippen LogP) is 1.49. The van der Waals surface area contributed by atoms with Crippen LogP contribution in [0.5, 0.6) is 11.5 Å². The summed E-state index contributed by atoms with van der Waals surface area (Å²) in [5.41, 5.74) is 0.834. The Morgan fingerprint density at radius 3 is 2.35 bits per heavy atom. The molecule has 1 heterocycles. The van der Waals surface area contributed by atoms with Crippen molar-refractivity contribution in [2.45, 2.75) is 25.0 Å². The van der Waals surface area contributed by atoms with Crippen LogP contribution in [0, 0.1) is 0 Å². The summed E-state index contributed by atoms with van der Waals surface area (Å²) in [5, 5.41) is 13.6. The highest BCUT2D eigenvalue weighted by molar-refractivity contribution is 5.39. The van der Waals surface area contributed by atoms with Crippen molar-refractivity contribution in [3.05, 3.63) is 23.8 Å². The number of rotatable bonds is 4. The van der Waals surface area contributed by atoms with E-state index in [1.807, 2.05) is 12.1 Å². The third-order valence-electron chi connectivity index (χ3n) is 3.19. The van der Waals surface area contributed by atoms with E-state index in [-0.39, 0.29) is 6.04 Å². The zero-order chi connectivity index (χ0) is 12.3. The van der Waals surface area contributed by atoms with Crippen molar-refractivity contribution in [1.82, 2.24) is 5.32 Å². The number of nitrogens with one attached hydrogen (secondary N) is 1. The summed E-state index contributed by atoms with van der Waals surface area (Å²) in [6.07, 6.45) is 1.60. The van der Waals surface area contributed by atoms with Gasteiger partial charge in [0.25, 0.3) is 0 Å². The van der Waals surface area contributed by atoms with Crippen molar-refractivity contribution in [3.63, 3.8) is 0 Å². The molecule has 0 aromatic heterocycles. The average molecular weight is 237 g/mol. The number of benzene rings is 1. The van der Waals surface area contributed by atoms with Crippen LogP contribution in [-0.4, -0.2) is 31.9 Å². The van der Waals surface area contributed by atoms with Crippen LogP contribution in [-0.2, 0) is 0 Å². The van der Waals surface area contributed by atoms with E-state index in [0.29, 0.717) is 11.5 Å². The first-order valence-electron chi connectivity index (χ1n) is 5.89. The maximum Gasteiger partial charge on any atom is 0.122 e. The standard InChI is InChI=1S/C13H19NO3/c1-16-10-6-9(7-11(8-10)17-2)13(15)12-4-3-5-14-12/h6-8,12-15H,3-5H2,1-2H3/t12-,13?/m1/s1. The first kappa shape index (κ1) is 12.2. The van der Waals surface area contributed by atoms with Crippen LogP contribution in [0.4, 0.5) is 0 Å². The van der Waals surface area contributed by atoms with Gasteiger partial charge in [0.2, 0.25) is 0 Å². The molecule has 4 heteroatoms. The highest BCUT2D eigenvalue weighted by atomic mass is 16.5. The van der Waals surface area contributed by atoms with Crippen molar-refractivity contribution in [2.75, 3.05) is 20.8 Å². The maximum atomic E-state index is 10.3. The molecular weight excluding hydrogens is 218 g/mol. The van der Waals surface area contributed by atoms with Gasteiger partial charge in [-0.05, 0) is 37.1 Å². The van der Waals surface area contributed by atoms with E-state index in [9.17, 15) is 5.11 Å². The minimum Gasteiger partial charge on any atom is -0.497 e. The molecule has 0 aliphatic carbocycles. The Labute approximate surface area is 102 Å². The first-order valence-corrected chi connectivity index (χ1v) is 5.89. The van der Waals surface area contributed by atoms with Crippen molar-refractivity contribution in [2.24, 2.45) is 0 Å². The number of aliphatic hydroxyl groups excluding tert-OH is 1. The molecule has 0 amide bonds. The van der Waals surface area contributed by atoms with E-state index >= 15 is 0 Å². The number of methoxy groups -OCH3 is 2. The first-order chi connectivity index (χ1) is 8.24. The largest absolute Gasteiger partial charge is 0.497 e. The molecule has 0 bridgehead atoms. The molecule has 2 atom stereocenters. The zero-order valence-corrected chi connectivity index (χ0v) is 10.3. The minimum absolute atomic E-state index is 0.131. The predicted molar refractivity (Wildman–Crippen MR) is 65.5 cm³/mol. The van der Waals surface area contributed by atoms with Crippen LogP contribution >= 0.6 is 0 Å². The summed E-state index contributed by atoms with van der Waals surface area (Å²) in [5.74, 6) is 1.41. The minimum atomic E-state index is -0.513. The van der Waals surface area contributed by atoms with Gasteiger partial charge in [-0.1, -0.05) is 0 Å². The third kappa shape index (κ3) is 2.70. The lowest BCUT2D eigenvalue weighted by Gasteiger charge is -2.19. The van der Waals surface area contributed by atoms with Gasteiger partial charge < -0.3 is 19.9 Å². The molecule has 1 saturated heterocycles. The Morgan fingerprint density at radius 2 is 1.88 bits per heavy atom. The second kappa shape index (κ2) is 5.38. The molecule has 1 aromatic rings. The fourth-order valence-corrected chi connectivity index (χ4v) is 2.21. The maximum absolute atomic E-state index is 10.3. The Morgan fingerprint density at radius 1 is 1.24 bits per heavy atom. The molecule has 1 aromatic carbocycles. The highest BCUT2D eigenvalue weighted by Crippen LogP contribution is 2.29. The lowest BCUT2D eigenvalue weighted by Crippen LogP contribution is -2.28. The summed E-state index contributed by atoms with van der Waals surface area (Å²) < 4.78 is 10.4. The SMILES string of the molecule is COc1cc(OC)cc(C(O)[C@H]2CCCN2)c1. The molecule has 4 nitrogen and oxygen atoms in total. The van der Waals surface area contributed by atoms with Crippen LogP contribution in [0.2, 0.25) is 0 Å². The van der Waals surface area contributed by atoms with E-state index in [1.165, 1.54) is 0 Å². The smallest absolute Gasteiger partial charge is 0.122 e. The number of hydrogen-bond donors (Lipinski definition) is 2. The summed E-state index contributed by atoms with van der Waals surface area (Å²) in [6, 6.07) is 5.64. The molecule has 0 saturated carbocycles. The summed E-state index contributed by atoms with van der Waals surface area (Å²) in [7, 11) is 3.22. The van der Waals surface area contributed by atoms with Crippen LogP contribution < -0.4 is 14.8 Å². The quantitative estimate of drug-likeness (QED) is 0.833. The number of ether oxygens (including phenoxy) is 2. The van der Waals surface area contributed by atoms with Gasteiger partial charge in [0.15, 0.2) is 0 Å². The van der Waals surface area contributed by atoms with Gasteiger partial charge in [-0.25, -0.2) is 0 Å². The van der Waals surface area contributed by atoms with Gasteiger partial charge in [-0.2, -0.15) is 0 Å². The molecule has 1 aliphatic heterocycles. The van der Waals surface area contributed by atoms with Gasteiger partial charge in [-0.3, -0.25) is 0 Å². The monoisotopic (exact) mass is 237 g/mol. The molecule has 2 rings (SSSR count). The van der Waals surface area contributed by atoms with Crippen molar-refractivity contribution in [1.29, 1.82) is 0 Å². The van der Waals surface area contributed by atoms with Crippen LogP contribution in [0.15, 0.2) is 18.2 Å². The van der Waals surface area contributed by atoms with Crippen molar-refractivity contribution < 1.29 is 14.6 Å². The lowest BCUT2D eigenvalue weighted by molar-refractivity contribution is 0.137. The van der Waals surface area contributed by atoms with Gasteiger partial charge >= 0.3 is 0 Å². The Kier molecular flexibility index (Phi) is 3.86. The van der Waals surface area contributed by atoms with Crippen LogP contribution in [0.1, 0.15) is 24.5 Å². The summed E-state index contributed by atoms with van der Waals surface area (Å²) in [4.78, 5) is 0. The zero-order valence-electron chi connectivity index (χ0n) is 10.3. The van der Waals surface area contributed by atoms with Crippen molar-refractivity contribution in [3.8, 4) is 11.5 Å². The third-order valence-corrected chi connectivity index (χ3v) is 3.19. The fourth-order valence-electron chi connectivity index (χ4n) is 2.21. The van der Waals surface area contributed by atoms with E-state index < -0.39 is 6.10 Å². The molecule has 1 aliphatic rings. The molecule has 94 valence electrons. The summed E-state index contributed by atoms with van der Waals surface area (Å²) >= 11 is 0. The van der Waals surface area contributed by atoms with Crippen LogP contribution in [0.3, 0.4) is 0 Å². The van der Waals surface area contributed by atoms with E-state index in [0.717, 1.165) is 24.9 Å². The molecular formula is C13H19NO3. The number of aliphatic hydroxyl groups is 1. The van der Waals surface area contributed by atoms with E-state index in [1.54, 1.807) is 20.3 Å². The number of hydrogen-bond acceptors (Lipinski definition) is 4. The van der Waals surface area contributed by atoms with Gasteiger partial charge in [0, 0.05) is 12.1 Å². The van der Waals surface area contributed by atoms with Gasteiger partial charge in [0.1, 0.15) is 11.5 Å². The normalized spacial score (nSPS) is 21.2. The van der Waals surface area contributed by atoms with E-state index in [4.69, 9.17) is 9.47 Å². The molecule has 17 heavy (non-hydrogen) atoms. The Bertz CT molecular complexity index is 353. The topological polar surface area (TPSA) is 50.7 Å². The summed E-state index contributed by atoms with van der Waals surface area (Å²) in [6.45, 7) is 0.975. The highest BCUT2D eigenvalue weighted by Gasteiger charge is 2.24. The Balaban J connectivity index is 2.23. The van der Waals surface area contributed by atoms with Crippen molar-refractivity contribution >= 4 is 0 Å². The molecule has 1 unspecified atom stereocenters. The van der Waals surface area contributed by atoms with Crippen LogP contribution in [0.25, 0.3) is 0 Å². The fraction of sp³-hybridized carbons (Fsp3) is 0.538.